The van der Waals surface area contributed by atoms with Gasteiger partial charge in [-0.2, -0.15) is 26.3 Å². The maximum absolute atomic E-state index is 13.1. The summed E-state index contributed by atoms with van der Waals surface area (Å²) in [5, 5.41) is 0. The zero-order chi connectivity index (χ0) is 22.4. The number of pyridine rings is 1. The van der Waals surface area contributed by atoms with Crippen LogP contribution in [0.3, 0.4) is 0 Å². The maximum Gasteiger partial charge on any atom is 0.417 e. The molecule has 1 saturated heterocycles. The zero-order valence-electron chi connectivity index (χ0n) is 16.4. The normalized spacial score (nSPS) is 18.9. The molecule has 1 aromatic carbocycles. The summed E-state index contributed by atoms with van der Waals surface area (Å²) in [7, 11) is 0. The lowest BCUT2D eigenvalue weighted by Crippen LogP contribution is -2.42. The summed E-state index contributed by atoms with van der Waals surface area (Å²) in [6.45, 7) is 2.65. The van der Waals surface area contributed by atoms with Crippen LogP contribution in [-0.2, 0) is 12.4 Å². The van der Waals surface area contributed by atoms with Crippen LogP contribution in [0, 0.1) is 0 Å². The molecule has 164 valence electrons. The summed E-state index contributed by atoms with van der Waals surface area (Å²) in [5.41, 5.74) is -0.955. The average molecular weight is 440 g/mol. The Bertz CT molecular complexity index is 1030. The molecule has 0 unspecified atom stereocenters. The van der Waals surface area contributed by atoms with Crippen LogP contribution >= 0.6 is 0 Å². The number of piperidine rings is 1. The fourth-order valence-corrected chi connectivity index (χ4v) is 3.85. The smallest absolute Gasteiger partial charge is 0.356 e. The molecule has 0 radical (unpaired) electrons. The molecule has 0 bridgehead atoms. The van der Waals surface area contributed by atoms with Crippen molar-refractivity contribution in [2.45, 2.75) is 37.8 Å². The van der Waals surface area contributed by atoms with E-state index in [1.54, 1.807) is 13.0 Å². The Hall–Kier alpha value is -2.91. The average Bonchev–Trinajstić information content (AvgIpc) is 3.03. The molecular formula is C21H18F6N4. The first-order valence-electron chi connectivity index (χ1n) is 9.59. The first kappa shape index (κ1) is 21.3. The number of rotatable bonds is 2. The molecule has 10 heteroatoms. The SMILES string of the molecule is CC1=NC2(CCN(c3ccc(C(F)(F)F)cn3)CC2)N=C1c1cccc(C(F)(F)F)c1. The number of aromatic nitrogens is 1. The highest BCUT2D eigenvalue weighted by Crippen LogP contribution is 2.36. The van der Waals surface area contributed by atoms with Crippen molar-refractivity contribution in [3.8, 4) is 0 Å². The number of anilines is 1. The van der Waals surface area contributed by atoms with E-state index in [0.29, 0.717) is 48.7 Å². The third kappa shape index (κ3) is 4.28. The molecule has 3 heterocycles. The van der Waals surface area contributed by atoms with Crippen molar-refractivity contribution in [1.82, 2.24) is 4.98 Å². The van der Waals surface area contributed by atoms with Gasteiger partial charge in [-0.05, 0) is 31.2 Å². The standard InChI is InChI=1S/C21H18F6N4/c1-13-18(14-3-2-4-15(11-14)20(22,23)24)30-19(29-13)7-9-31(10-8-19)17-6-5-16(12-28-17)21(25,26)27/h2-6,11-12H,7-10H2,1H3. The van der Waals surface area contributed by atoms with Gasteiger partial charge in [-0.15, -0.1) is 0 Å². The fourth-order valence-electron chi connectivity index (χ4n) is 3.85. The van der Waals surface area contributed by atoms with E-state index >= 15 is 0 Å². The molecule has 1 spiro atoms. The Morgan fingerprint density at radius 1 is 0.871 bits per heavy atom. The minimum atomic E-state index is -4.45. The summed E-state index contributed by atoms with van der Waals surface area (Å²) in [6, 6.07) is 7.33. The van der Waals surface area contributed by atoms with E-state index in [0.717, 1.165) is 24.4 Å². The van der Waals surface area contributed by atoms with Crippen LogP contribution in [0.2, 0.25) is 0 Å². The van der Waals surface area contributed by atoms with Crippen molar-refractivity contribution < 1.29 is 26.3 Å². The van der Waals surface area contributed by atoms with Gasteiger partial charge in [-0.3, -0.25) is 9.98 Å². The predicted molar refractivity (Wildman–Crippen MR) is 105 cm³/mol. The minimum Gasteiger partial charge on any atom is -0.356 e. The van der Waals surface area contributed by atoms with Gasteiger partial charge in [-0.1, -0.05) is 12.1 Å². The fraction of sp³-hybridized carbons (Fsp3) is 0.381. The summed E-state index contributed by atoms with van der Waals surface area (Å²) in [6.07, 6.45) is -7.12. The Morgan fingerprint density at radius 2 is 1.55 bits per heavy atom. The monoisotopic (exact) mass is 440 g/mol. The summed E-state index contributed by atoms with van der Waals surface area (Å²) < 4.78 is 77.3. The highest BCUT2D eigenvalue weighted by atomic mass is 19.4. The van der Waals surface area contributed by atoms with Gasteiger partial charge in [0.25, 0.3) is 0 Å². The van der Waals surface area contributed by atoms with E-state index in [2.05, 4.69) is 15.0 Å². The first-order chi connectivity index (χ1) is 14.5. The van der Waals surface area contributed by atoms with Gasteiger partial charge in [0.05, 0.1) is 22.6 Å². The molecule has 0 N–H and O–H groups in total. The molecule has 4 rings (SSSR count). The Balaban J connectivity index is 1.51. The number of nitrogens with zero attached hydrogens (tertiary/aromatic N) is 4. The summed E-state index contributed by atoms with van der Waals surface area (Å²) in [4.78, 5) is 15.1. The predicted octanol–water partition coefficient (Wildman–Crippen LogP) is 5.38. The van der Waals surface area contributed by atoms with Gasteiger partial charge in [0.1, 0.15) is 5.82 Å². The van der Waals surface area contributed by atoms with Gasteiger partial charge in [0.2, 0.25) is 0 Å². The summed E-state index contributed by atoms with van der Waals surface area (Å²) in [5.74, 6) is 0.434. The topological polar surface area (TPSA) is 40.9 Å². The molecule has 2 aliphatic rings. The molecule has 31 heavy (non-hydrogen) atoms. The molecule has 0 amide bonds. The van der Waals surface area contributed by atoms with Crippen molar-refractivity contribution in [2.75, 3.05) is 18.0 Å². The quantitative estimate of drug-likeness (QED) is 0.589. The third-order valence-corrected chi connectivity index (χ3v) is 5.47. The molecule has 0 saturated carbocycles. The maximum atomic E-state index is 13.1. The van der Waals surface area contributed by atoms with Crippen LogP contribution in [-0.4, -0.2) is 35.2 Å². The lowest BCUT2D eigenvalue weighted by molar-refractivity contribution is -0.138. The van der Waals surface area contributed by atoms with Crippen molar-refractivity contribution in [2.24, 2.45) is 9.98 Å². The van der Waals surface area contributed by atoms with E-state index in [9.17, 15) is 26.3 Å². The van der Waals surface area contributed by atoms with E-state index in [4.69, 9.17) is 0 Å². The molecule has 1 fully saturated rings. The van der Waals surface area contributed by atoms with Crippen LogP contribution in [0.25, 0.3) is 0 Å². The zero-order valence-corrected chi connectivity index (χ0v) is 16.4. The second kappa shape index (κ2) is 7.35. The molecule has 2 aliphatic heterocycles. The van der Waals surface area contributed by atoms with E-state index < -0.39 is 29.1 Å². The van der Waals surface area contributed by atoms with Crippen molar-refractivity contribution in [3.63, 3.8) is 0 Å². The van der Waals surface area contributed by atoms with E-state index in [1.165, 1.54) is 12.1 Å². The number of hydrogen-bond donors (Lipinski definition) is 0. The molecule has 0 atom stereocenters. The first-order valence-corrected chi connectivity index (χ1v) is 9.59. The van der Waals surface area contributed by atoms with Crippen LogP contribution in [0.4, 0.5) is 32.2 Å². The third-order valence-electron chi connectivity index (χ3n) is 5.47. The number of halogens is 6. The van der Waals surface area contributed by atoms with Crippen molar-refractivity contribution >= 4 is 17.2 Å². The van der Waals surface area contributed by atoms with Crippen LogP contribution in [0.5, 0.6) is 0 Å². The van der Waals surface area contributed by atoms with Crippen LogP contribution in [0.1, 0.15) is 36.5 Å². The Morgan fingerprint density at radius 3 is 2.13 bits per heavy atom. The number of alkyl halides is 6. The molecule has 0 aliphatic carbocycles. The van der Waals surface area contributed by atoms with Gasteiger partial charge < -0.3 is 4.90 Å². The van der Waals surface area contributed by atoms with Gasteiger partial charge >= 0.3 is 12.4 Å². The molecular weight excluding hydrogens is 422 g/mol. The lowest BCUT2D eigenvalue weighted by atomic mass is 9.98. The van der Waals surface area contributed by atoms with Crippen molar-refractivity contribution in [1.29, 1.82) is 0 Å². The van der Waals surface area contributed by atoms with Gasteiger partial charge in [0, 0.05) is 37.7 Å². The molecule has 1 aromatic heterocycles. The van der Waals surface area contributed by atoms with Gasteiger partial charge in [0.15, 0.2) is 5.66 Å². The van der Waals surface area contributed by atoms with Crippen LogP contribution < -0.4 is 4.90 Å². The molecule has 4 nitrogen and oxygen atoms in total. The van der Waals surface area contributed by atoms with Crippen LogP contribution in [0.15, 0.2) is 52.6 Å². The number of hydrogen-bond acceptors (Lipinski definition) is 4. The van der Waals surface area contributed by atoms with E-state index in [-0.39, 0.29) is 0 Å². The summed E-state index contributed by atoms with van der Waals surface area (Å²) >= 11 is 0. The Kier molecular flexibility index (Phi) is 5.06. The van der Waals surface area contributed by atoms with Crippen molar-refractivity contribution in [3.05, 3.63) is 59.3 Å². The molecule has 2 aromatic rings. The Labute approximate surface area is 174 Å². The number of aliphatic imine (C=N–C) groups is 2. The number of benzene rings is 1. The minimum absolute atomic E-state index is 0.361. The second-order valence-electron chi connectivity index (χ2n) is 7.61. The lowest BCUT2D eigenvalue weighted by Gasteiger charge is -2.36. The second-order valence-corrected chi connectivity index (χ2v) is 7.61. The highest BCUT2D eigenvalue weighted by Gasteiger charge is 2.39. The largest absolute Gasteiger partial charge is 0.417 e. The van der Waals surface area contributed by atoms with Gasteiger partial charge in [-0.25, -0.2) is 4.98 Å². The van der Waals surface area contributed by atoms with E-state index in [1.807, 2.05) is 4.90 Å². The highest BCUT2D eigenvalue weighted by molar-refractivity contribution is 6.48.